The van der Waals surface area contributed by atoms with Crippen molar-refractivity contribution in [2.45, 2.75) is 26.2 Å². The van der Waals surface area contributed by atoms with Crippen molar-refractivity contribution in [1.29, 1.82) is 0 Å². The normalized spacial score (nSPS) is 9.89. The molecule has 0 atom stereocenters. The Morgan fingerprint density at radius 3 is 3.22 bits per heavy atom. The first-order valence-corrected chi connectivity index (χ1v) is 4.12. The Hall–Kier alpha value is -0.370. The van der Waals surface area contributed by atoms with Crippen LogP contribution in [0.15, 0.2) is 5.38 Å². The standard InChI is InChI=1S/C7H10NS/c1-2-3-4-7-8-5-6-9-7/h6H,2-4H2,1H3. The van der Waals surface area contributed by atoms with Crippen LogP contribution in [0.25, 0.3) is 0 Å². The highest BCUT2D eigenvalue weighted by molar-refractivity contribution is 7.09. The van der Waals surface area contributed by atoms with Crippen LogP contribution >= 0.6 is 11.3 Å². The Balaban J connectivity index is 2.30. The van der Waals surface area contributed by atoms with E-state index in [0.29, 0.717) is 0 Å². The molecule has 1 aromatic rings. The Bertz CT molecular complexity index is 146. The fourth-order valence-corrected chi connectivity index (χ4v) is 1.27. The summed E-state index contributed by atoms with van der Waals surface area (Å²) < 4.78 is 0. The van der Waals surface area contributed by atoms with Crippen LogP contribution in [-0.2, 0) is 6.42 Å². The van der Waals surface area contributed by atoms with Crippen molar-refractivity contribution in [3.63, 3.8) is 0 Å². The lowest BCUT2D eigenvalue weighted by Gasteiger charge is -1.88. The molecule has 2 heteroatoms. The number of unbranched alkanes of at least 4 members (excludes halogenated alkanes) is 1. The van der Waals surface area contributed by atoms with Gasteiger partial charge >= 0.3 is 0 Å². The fraction of sp³-hybridized carbons (Fsp3) is 0.571. The van der Waals surface area contributed by atoms with E-state index in [2.05, 4.69) is 18.1 Å². The molecular weight excluding hydrogens is 130 g/mol. The minimum Gasteiger partial charge on any atom is -0.240 e. The summed E-state index contributed by atoms with van der Waals surface area (Å²) in [5.74, 6) is 0. The van der Waals surface area contributed by atoms with Gasteiger partial charge in [-0.15, -0.1) is 11.3 Å². The molecule has 0 saturated carbocycles. The lowest BCUT2D eigenvalue weighted by Crippen LogP contribution is -1.80. The second kappa shape index (κ2) is 3.62. The number of thiazole rings is 1. The average molecular weight is 140 g/mol. The third-order valence-corrected chi connectivity index (χ3v) is 1.97. The van der Waals surface area contributed by atoms with Crippen LogP contribution in [0.2, 0.25) is 0 Å². The summed E-state index contributed by atoms with van der Waals surface area (Å²) in [5, 5.41) is 3.13. The molecule has 0 bridgehead atoms. The average Bonchev–Trinajstić information content (AvgIpc) is 2.34. The quantitative estimate of drug-likeness (QED) is 0.627. The molecular formula is C7H10NS. The minimum atomic E-state index is 1.13. The molecule has 0 unspecified atom stereocenters. The molecule has 1 heterocycles. The van der Waals surface area contributed by atoms with E-state index in [9.17, 15) is 0 Å². The minimum absolute atomic E-state index is 1.13. The molecule has 1 nitrogen and oxygen atoms in total. The highest BCUT2D eigenvalue weighted by atomic mass is 32.1. The van der Waals surface area contributed by atoms with Crippen LogP contribution in [0.3, 0.4) is 0 Å². The highest BCUT2D eigenvalue weighted by Crippen LogP contribution is 2.06. The molecule has 0 saturated heterocycles. The summed E-state index contributed by atoms with van der Waals surface area (Å²) in [6.07, 6.45) is 6.44. The van der Waals surface area contributed by atoms with Gasteiger partial charge in [0.05, 0.1) is 5.01 Å². The Labute approximate surface area is 59.8 Å². The predicted molar refractivity (Wildman–Crippen MR) is 39.6 cm³/mol. The van der Waals surface area contributed by atoms with Crippen LogP contribution in [0.4, 0.5) is 0 Å². The van der Waals surface area contributed by atoms with E-state index in [4.69, 9.17) is 0 Å². The van der Waals surface area contributed by atoms with E-state index in [1.54, 1.807) is 11.3 Å². The number of aromatic nitrogens is 1. The maximum atomic E-state index is 4.05. The Morgan fingerprint density at radius 2 is 2.67 bits per heavy atom. The summed E-state index contributed by atoms with van der Waals surface area (Å²) in [5.41, 5.74) is 0. The van der Waals surface area contributed by atoms with Gasteiger partial charge in [0.2, 0.25) is 0 Å². The van der Waals surface area contributed by atoms with Gasteiger partial charge < -0.3 is 0 Å². The van der Waals surface area contributed by atoms with Crippen LogP contribution in [0.5, 0.6) is 0 Å². The van der Waals surface area contributed by atoms with Crippen molar-refractivity contribution in [2.75, 3.05) is 0 Å². The lowest BCUT2D eigenvalue weighted by atomic mass is 10.3. The first kappa shape index (κ1) is 6.75. The Kier molecular flexibility index (Phi) is 2.71. The van der Waals surface area contributed by atoms with E-state index in [-0.39, 0.29) is 0 Å². The smallest absolute Gasteiger partial charge is 0.101 e. The van der Waals surface area contributed by atoms with Crippen molar-refractivity contribution < 1.29 is 0 Å². The van der Waals surface area contributed by atoms with Gasteiger partial charge in [-0.25, -0.2) is 4.98 Å². The lowest BCUT2D eigenvalue weighted by molar-refractivity contribution is 0.789. The van der Waals surface area contributed by atoms with Gasteiger partial charge in [-0.3, -0.25) is 0 Å². The number of rotatable bonds is 3. The number of hydrogen-bond acceptors (Lipinski definition) is 2. The molecule has 0 N–H and O–H groups in total. The van der Waals surface area contributed by atoms with Crippen LogP contribution in [0.1, 0.15) is 24.8 Å². The van der Waals surface area contributed by atoms with E-state index < -0.39 is 0 Å². The molecule has 49 valence electrons. The molecule has 9 heavy (non-hydrogen) atoms. The molecule has 1 rings (SSSR count). The largest absolute Gasteiger partial charge is 0.240 e. The zero-order valence-electron chi connectivity index (χ0n) is 5.55. The van der Waals surface area contributed by atoms with E-state index in [1.165, 1.54) is 17.8 Å². The molecule has 0 aliphatic rings. The predicted octanol–water partition coefficient (Wildman–Crippen LogP) is 2.29. The summed E-state index contributed by atoms with van der Waals surface area (Å²) in [7, 11) is 0. The number of aryl methyl sites for hydroxylation is 1. The van der Waals surface area contributed by atoms with Crippen molar-refractivity contribution in [2.24, 2.45) is 0 Å². The fourth-order valence-electron chi connectivity index (χ4n) is 0.662. The molecule has 0 fully saturated rings. The molecule has 1 radical (unpaired) electrons. The maximum Gasteiger partial charge on any atom is 0.101 e. The molecule has 0 aliphatic carbocycles. The van der Waals surface area contributed by atoms with E-state index in [1.807, 2.05) is 5.38 Å². The van der Waals surface area contributed by atoms with Crippen LogP contribution < -0.4 is 0 Å². The Morgan fingerprint density at radius 1 is 1.78 bits per heavy atom. The third-order valence-electron chi connectivity index (χ3n) is 1.18. The van der Waals surface area contributed by atoms with Crippen LogP contribution in [-0.4, -0.2) is 4.98 Å². The number of hydrogen-bond donors (Lipinski definition) is 0. The van der Waals surface area contributed by atoms with Crippen molar-refractivity contribution >= 4 is 11.3 Å². The second-order valence-corrected chi connectivity index (χ2v) is 2.92. The topological polar surface area (TPSA) is 12.9 Å². The molecule has 1 aromatic heterocycles. The second-order valence-electron chi connectivity index (χ2n) is 1.97. The van der Waals surface area contributed by atoms with Gasteiger partial charge in [0.25, 0.3) is 0 Å². The van der Waals surface area contributed by atoms with Crippen molar-refractivity contribution in [1.82, 2.24) is 4.98 Å². The first-order valence-electron chi connectivity index (χ1n) is 3.24. The van der Waals surface area contributed by atoms with Crippen molar-refractivity contribution in [3.8, 4) is 0 Å². The molecule has 0 aromatic carbocycles. The first-order chi connectivity index (χ1) is 4.43. The monoisotopic (exact) mass is 140 g/mol. The molecule has 0 amide bonds. The summed E-state index contributed by atoms with van der Waals surface area (Å²) in [4.78, 5) is 4.05. The third kappa shape index (κ3) is 2.14. The maximum absolute atomic E-state index is 4.05. The zero-order chi connectivity index (χ0) is 6.53. The molecule has 0 aliphatic heterocycles. The summed E-state index contributed by atoms with van der Waals surface area (Å²) in [6.45, 7) is 2.19. The van der Waals surface area contributed by atoms with Gasteiger partial charge in [0.1, 0.15) is 6.20 Å². The van der Waals surface area contributed by atoms with Gasteiger partial charge in [0.15, 0.2) is 0 Å². The zero-order valence-corrected chi connectivity index (χ0v) is 6.37. The van der Waals surface area contributed by atoms with E-state index in [0.717, 1.165) is 6.42 Å². The SMILES string of the molecule is CCCCc1n[c]cs1. The summed E-state index contributed by atoms with van der Waals surface area (Å²) in [6, 6.07) is 0. The van der Waals surface area contributed by atoms with E-state index >= 15 is 0 Å². The van der Waals surface area contributed by atoms with Gasteiger partial charge in [-0.2, -0.15) is 0 Å². The summed E-state index contributed by atoms with van der Waals surface area (Å²) >= 11 is 1.70. The van der Waals surface area contributed by atoms with Gasteiger partial charge in [-0.05, 0) is 12.8 Å². The number of nitrogens with zero attached hydrogens (tertiary/aromatic N) is 1. The van der Waals surface area contributed by atoms with Crippen LogP contribution in [0, 0.1) is 6.20 Å². The molecule has 0 spiro atoms. The van der Waals surface area contributed by atoms with Gasteiger partial charge in [-0.1, -0.05) is 13.3 Å². The van der Waals surface area contributed by atoms with Crippen molar-refractivity contribution in [3.05, 3.63) is 16.6 Å². The van der Waals surface area contributed by atoms with Gasteiger partial charge in [0, 0.05) is 5.38 Å². The highest BCUT2D eigenvalue weighted by Gasteiger charge is 1.91.